The van der Waals surface area contributed by atoms with Crippen LogP contribution in [0.3, 0.4) is 0 Å². The molecule has 0 radical (unpaired) electrons. The van der Waals surface area contributed by atoms with Crippen LogP contribution in [0.2, 0.25) is 0 Å². The Hall–Kier alpha value is -1.03. The highest BCUT2D eigenvalue weighted by Crippen LogP contribution is 2.24. The third kappa shape index (κ3) is 2.85. The van der Waals surface area contributed by atoms with E-state index in [0.717, 1.165) is 6.07 Å². The summed E-state index contributed by atoms with van der Waals surface area (Å²) in [6, 6.07) is 3.24. The molecule has 1 aliphatic rings. The first kappa shape index (κ1) is 15.4. The molecule has 0 spiro atoms. The van der Waals surface area contributed by atoms with E-state index in [9.17, 15) is 22.7 Å². The third-order valence-corrected chi connectivity index (χ3v) is 5.14. The molecular weight excluding hydrogens is 357 g/mol. The standard InChI is InChI=1S/C11H11BrFNO5S/c12-8-2-1-7(5-9(8)13)20(17,18)14-11(10(15)16)3-4-19-6-11/h1-2,5,14H,3-4,6H2,(H,15,16). The molecule has 2 N–H and O–H groups in total. The van der Waals surface area contributed by atoms with Gasteiger partial charge in [0.2, 0.25) is 10.0 Å². The van der Waals surface area contributed by atoms with Crippen LogP contribution < -0.4 is 4.72 Å². The summed E-state index contributed by atoms with van der Waals surface area (Å²) in [6.45, 7) is -0.121. The van der Waals surface area contributed by atoms with E-state index in [0.29, 0.717) is 0 Å². The van der Waals surface area contributed by atoms with Crippen molar-refractivity contribution >= 4 is 31.9 Å². The summed E-state index contributed by atoms with van der Waals surface area (Å²) >= 11 is 2.91. The van der Waals surface area contributed by atoms with Crippen LogP contribution in [0.5, 0.6) is 0 Å². The topological polar surface area (TPSA) is 92.7 Å². The Morgan fingerprint density at radius 3 is 2.70 bits per heavy atom. The van der Waals surface area contributed by atoms with Gasteiger partial charge in [-0.05, 0) is 34.1 Å². The molecule has 1 aliphatic heterocycles. The predicted molar refractivity (Wildman–Crippen MR) is 70.2 cm³/mol. The second kappa shape index (κ2) is 5.40. The Bertz CT molecular complexity index is 642. The number of carboxylic acid groups (broad SMARTS) is 1. The maximum Gasteiger partial charge on any atom is 0.327 e. The molecule has 0 saturated carbocycles. The fourth-order valence-electron chi connectivity index (χ4n) is 1.82. The number of hydrogen-bond acceptors (Lipinski definition) is 4. The second-order valence-corrected chi connectivity index (χ2v) is 6.91. The fourth-order valence-corrected chi connectivity index (χ4v) is 3.45. The molecule has 0 amide bonds. The summed E-state index contributed by atoms with van der Waals surface area (Å²) in [5.41, 5.74) is -1.71. The molecule has 6 nitrogen and oxygen atoms in total. The van der Waals surface area contributed by atoms with Crippen molar-refractivity contribution in [1.29, 1.82) is 0 Å². The van der Waals surface area contributed by atoms with Crippen LogP contribution in [0.4, 0.5) is 4.39 Å². The summed E-state index contributed by atoms with van der Waals surface area (Å²) < 4.78 is 44.9. The van der Waals surface area contributed by atoms with Crippen molar-refractivity contribution in [2.24, 2.45) is 0 Å². The van der Waals surface area contributed by atoms with Crippen LogP contribution in [-0.2, 0) is 19.6 Å². The van der Waals surface area contributed by atoms with E-state index in [1.54, 1.807) is 0 Å². The monoisotopic (exact) mass is 367 g/mol. The SMILES string of the molecule is O=C(O)C1(NS(=O)(=O)c2ccc(Br)c(F)c2)CCOC1. The van der Waals surface area contributed by atoms with Crippen LogP contribution in [-0.4, -0.2) is 38.2 Å². The first-order chi connectivity index (χ1) is 9.27. The van der Waals surface area contributed by atoms with E-state index in [2.05, 4.69) is 20.7 Å². The van der Waals surface area contributed by atoms with Crippen molar-refractivity contribution in [3.05, 3.63) is 28.5 Å². The molecule has 1 aromatic rings. The van der Waals surface area contributed by atoms with Crippen molar-refractivity contribution in [1.82, 2.24) is 4.72 Å². The third-order valence-electron chi connectivity index (χ3n) is 2.96. The van der Waals surface area contributed by atoms with Gasteiger partial charge in [-0.2, -0.15) is 4.72 Å². The van der Waals surface area contributed by atoms with Gasteiger partial charge < -0.3 is 9.84 Å². The normalized spacial score (nSPS) is 22.9. The van der Waals surface area contributed by atoms with Crippen molar-refractivity contribution in [3.8, 4) is 0 Å². The van der Waals surface area contributed by atoms with Crippen LogP contribution >= 0.6 is 15.9 Å². The van der Waals surface area contributed by atoms with Gasteiger partial charge in [0.05, 0.1) is 16.0 Å². The number of halogens is 2. The molecule has 1 atom stereocenters. The van der Waals surface area contributed by atoms with Gasteiger partial charge >= 0.3 is 5.97 Å². The average Bonchev–Trinajstić information content (AvgIpc) is 2.81. The summed E-state index contributed by atoms with van der Waals surface area (Å²) in [7, 11) is -4.16. The number of nitrogens with one attached hydrogen (secondary N) is 1. The number of rotatable bonds is 4. The molecule has 1 heterocycles. The summed E-state index contributed by atoms with van der Waals surface area (Å²) in [6.07, 6.45) is 0.0145. The van der Waals surface area contributed by atoms with Gasteiger partial charge in [0, 0.05) is 13.0 Å². The van der Waals surface area contributed by atoms with Crippen molar-refractivity contribution in [2.75, 3.05) is 13.2 Å². The highest BCUT2D eigenvalue weighted by molar-refractivity contribution is 9.10. The largest absolute Gasteiger partial charge is 0.480 e. The minimum atomic E-state index is -4.16. The minimum Gasteiger partial charge on any atom is -0.480 e. The lowest BCUT2D eigenvalue weighted by Gasteiger charge is -2.23. The van der Waals surface area contributed by atoms with E-state index < -0.39 is 27.3 Å². The molecular formula is C11H11BrFNO5S. The molecule has 0 aromatic heterocycles. The van der Waals surface area contributed by atoms with E-state index in [1.165, 1.54) is 12.1 Å². The maximum atomic E-state index is 13.4. The quantitative estimate of drug-likeness (QED) is 0.831. The van der Waals surface area contributed by atoms with Crippen LogP contribution in [0.15, 0.2) is 27.6 Å². The molecule has 9 heteroatoms. The van der Waals surface area contributed by atoms with E-state index in [4.69, 9.17) is 4.74 Å². The molecule has 1 saturated heterocycles. The summed E-state index contributed by atoms with van der Waals surface area (Å²) in [4.78, 5) is 10.9. The molecule has 110 valence electrons. The molecule has 1 fully saturated rings. The summed E-state index contributed by atoms with van der Waals surface area (Å²) in [5.74, 6) is -2.07. The number of aliphatic carboxylic acids is 1. The van der Waals surface area contributed by atoms with Gasteiger partial charge in [-0.3, -0.25) is 4.79 Å². The highest BCUT2D eigenvalue weighted by Gasteiger charge is 2.46. The molecule has 2 rings (SSSR count). The number of benzene rings is 1. The Morgan fingerprint density at radius 2 is 2.20 bits per heavy atom. The zero-order chi connectivity index (χ0) is 15.0. The molecule has 20 heavy (non-hydrogen) atoms. The van der Waals surface area contributed by atoms with Gasteiger partial charge in [0.25, 0.3) is 0 Å². The molecule has 1 aromatic carbocycles. The van der Waals surface area contributed by atoms with Gasteiger partial charge in [0.15, 0.2) is 5.54 Å². The number of carboxylic acids is 1. The Labute approximate surface area is 123 Å². The van der Waals surface area contributed by atoms with E-state index in [1.807, 2.05) is 0 Å². The van der Waals surface area contributed by atoms with Crippen molar-refractivity contribution in [3.63, 3.8) is 0 Å². The zero-order valence-electron chi connectivity index (χ0n) is 10.1. The van der Waals surface area contributed by atoms with Gasteiger partial charge in [-0.15, -0.1) is 0 Å². The predicted octanol–water partition coefficient (Wildman–Crippen LogP) is 1.11. The van der Waals surface area contributed by atoms with Gasteiger partial charge in [-0.1, -0.05) is 0 Å². The maximum absolute atomic E-state index is 13.4. The highest BCUT2D eigenvalue weighted by atomic mass is 79.9. The number of sulfonamides is 1. The second-order valence-electron chi connectivity index (χ2n) is 4.37. The lowest BCUT2D eigenvalue weighted by Crippen LogP contribution is -2.54. The minimum absolute atomic E-state index is 0.0145. The van der Waals surface area contributed by atoms with Crippen LogP contribution in [0.1, 0.15) is 6.42 Å². The van der Waals surface area contributed by atoms with E-state index in [-0.39, 0.29) is 29.0 Å². The first-order valence-electron chi connectivity index (χ1n) is 5.57. The lowest BCUT2D eigenvalue weighted by atomic mass is 10.0. The van der Waals surface area contributed by atoms with Crippen LogP contribution in [0, 0.1) is 5.82 Å². The Balaban J connectivity index is 2.35. The van der Waals surface area contributed by atoms with E-state index >= 15 is 0 Å². The first-order valence-corrected chi connectivity index (χ1v) is 7.85. The molecule has 0 aliphatic carbocycles. The number of carbonyl (C=O) groups is 1. The molecule has 0 bridgehead atoms. The zero-order valence-corrected chi connectivity index (χ0v) is 12.5. The summed E-state index contributed by atoms with van der Waals surface area (Å²) in [5, 5.41) is 9.18. The van der Waals surface area contributed by atoms with Gasteiger partial charge in [0.1, 0.15) is 5.82 Å². The van der Waals surface area contributed by atoms with Gasteiger partial charge in [-0.25, -0.2) is 12.8 Å². The number of hydrogen-bond donors (Lipinski definition) is 2. The molecule has 1 unspecified atom stereocenters. The lowest BCUT2D eigenvalue weighted by molar-refractivity contribution is -0.144. The fraction of sp³-hybridized carbons (Fsp3) is 0.364. The van der Waals surface area contributed by atoms with Crippen LogP contribution in [0.25, 0.3) is 0 Å². The smallest absolute Gasteiger partial charge is 0.327 e. The number of ether oxygens (including phenoxy) is 1. The average molecular weight is 368 g/mol. The van der Waals surface area contributed by atoms with Crippen molar-refractivity contribution < 1.29 is 27.4 Å². The Morgan fingerprint density at radius 1 is 1.50 bits per heavy atom. The Kier molecular flexibility index (Phi) is 4.14. The van der Waals surface area contributed by atoms with Crippen molar-refractivity contribution in [2.45, 2.75) is 16.9 Å².